The highest BCUT2D eigenvalue weighted by Crippen LogP contribution is 2.26. The third-order valence-electron chi connectivity index (χ3n) is 14.6. The smallest absolute Gasteiger partial charge is 0.306 e. The number of rotatable bonds is 48. The zero-order valence-corrected chi connectivity index (χ0v) is 46.8. The lowest BCUT2D eigenvalue weighted by atomic mass is 9.91. The normalized spacial score (nSPS) is 14.9. The predicted molar refractivity (Wildman–Crippen MR) is 287 cm³/mol. The summed E-state index contributed by atoms with van der Waals surface area (Å²) in [7, 11) is 0. The first kappa shape index (κ1) is 64.9. The molecule has 0 radical (unpaired) electrons. The van der Waals surface area contributed by atoms with Crippen LogP contribution in [0, 0.1) is 47.3 Å². The number of nitrogens with zero attached hydrogens (tertiary/aromatic N) is 1. The quantitative estimate of drug-likeness (QED) is 0.0484. The first-order valence-corrected chi connectivity index (χ1v) is 29.2. The van der Waals surface area contributed by atoms with E-state index >= 15 is 0 Å². The van der Waals surface area contributed by atoms with Gasteiger partial charge in [-0.1, -0.05) is 199 Å². The Balaban J connectivity index is 4.52. The molecule has 0 fully saturated rings. The topological polar surface area (TPSA) is 76.1 Å². The molecule has 0 heterocycles. The largest absolute Gasteiger partial charge is 0.462 e. The number of aliphatic hydroxyl groups excluding tert-OH is 1. The molecule has 4 unspecified atom stereocenters. The lowest BCUT2D eigenvalue weighted by molar-refractivity contribution is -0.151. The van der Waals surface area contributed by atoms with Gasteiger partial charge in [0.2, 0.25) is 0 Å². The van der Waals surface area contributed by atoms with Crippen molar-refractivity contribution in [3.05, 3.63) is 0 Å². The van der Waals surface area contributed by atoms with Crippen molar-refractivity contribution in [3.8, 4) is 0 Å². The van der Waals surface area contributed by atoms with E-state index in [-0.39, 0.29) is 30.8 Å². The lowest BCUT2D eigenvalue weighted by Gasteiger charge is -2.22. The Morgan fingerprint density at radius 2 is 0.606 bits per heavy atom. The van der Waals surface area contributed by atoms with Gasteiger partial charge in [0.1, 0.15) is 12.2 Å². The van der Waals surface area contributed by atoms with Crippen molar-refractivity contribution in [1.82, 2.24) is 4.90 Å². The number of esters is 2. The Kier molecular flexibility index (Phi) is 43.1. The Labute approximate surface area is 413 Å². The Hall–Kier alpha value is -1.14. The number of carbonyl (C=O) groups excluding carboxylic acids is 2. The number of aliphatic hydroxyl groups is 1. The number of carbonyl (C=O) groups is 2. The van der Waals surface area contributed by atoms with Crippen LogP contribution < -0.4 is 0 Å². The maximum atomic E-state index is 13.0. The maximum Gasteiger partial charge on any atom is 0.306 e. The molecule has 6 nitrogen and oxygen atoms in total. The van der Waals surface area contributed by atoms with Crippen LogP contribution in [0.1, 0.15) is 289 Å². The second kappa shape index (κ2) is 43.8. The molecule has 0 amide bonds. The van der Waals surface area contributed by atoms with E-state index < -0.39 is 0 Å². The third kappa shape index (κ3) is 44.1. The molecular weight excluding hydrogens is 815 g/mol. The van der Waals surface area contributed by atoms with Gasteiger partial charge in [0.05, 0.1) is 6.61 Å². The van der Waals surface area contributed by atoms with E-state index in [9.17, 15) is 14.7 Å². The van der Waals surface area contributed by atoms with Gasteiger partial charge in [-0.3, -0.25) is 9.59 Å². The molecule has 66 heavy (non-hydrogen) atoms. The lowest BCUT2D eigenvalue weighted by Crippen LogP contribution is -2.29. The van der Waals surface area contributed by atoms with Crippen LogP contribution in [-0.4, -0.2) is 60.4 Å². The molecule has 0 aliphatic heterocycles. The van der Waals surface area contributed by atoms with Gasteiger partial charge in [-0.15, -0.1) is 0 Å². The molecule has 0 saturated carbocycles. The first-order chi connectivity index (χ1) is 31.5. The van der Waals surface area contributed by atoms with E-state index in [1.54, 1.807) is 0 Å². The summed E-state index contributed by atoms with van der Waals surface area (Å²) >= 11 is 0. The standard InChI is InChI=1S/C60H119NO5/c1-49(2)27-23-31-53(9)37-41-57(42-38-54(10)32-24-28-50(3)4)65-59(63)35-19-15-13-17-21-45-61(47-48-62)46-22-18-14-16-20-36-60(64)66-58(43-39-55(11)33-25-29-51(5)6)44-40-56(12)34-26-30-52(7)8/h49-58,62H,13-48H2,1-12H3. The fourth-order valence-corrected chi connectivity index (χ4v) is 9.72. The Morgan fingerprint density at radius 3 is 0.879 bits per heavy atom. The van der Waals surface area contributed by atoms with Crippen molar-refractivity contribution in [2.45, 2.75) is 301 Å². The van der Waals surface area contributed by atoms with Gasteiger partial charge in [-0.25, -0.2) is 0 Å². The fourth-order valence-electron chi connectivity index (χ4n) is 9.72. The van der Waals surface area contributed by atoms with E-state index in [1.807, 2.05) is 0 Å². The fraction of sp³-hybridized carbons (Fsp3) is 0.967. The highest BCUT2D eigenvalue weighted by atomic mass is 16.5. The summed E-state index contributed by atoms with van der Waals surface area (Å²) in [6, 6.07) is 0. The minimum absolute atomic E-state index is 0.00847. The van der Waals surface area contributed by atoms with Crippen molar-refractivity contribution >= 4 is 11.9 Å². The van der Waals surface area contributed by atoms with E-state index in [0.29, 0.717) is 36.5 Å². The average Bonchev–Trinajstić information content (AvgIpc) is 3.24. The van der Waals surface area contributed by atoms with Crippen molar-refractivity contribution in [2.24, 2.45) is 47.3 Å². The summed E-state index contributed by atoms with van der Waals surface area (Å²) in [5.74, 6) is 5.86. The van der Waals surface area contributed by atoms with Gasteiger partial charge in [0.25, 0.3) is 0 Å². The molecule has 0 aliphatic carbocycles. The van der Waals surface area contributed by atoms with Gasteiger partial charge in [0, 0.05) is 19.4 Å². The van der Waals surface area contributed by atoms with Gasteiger partial charge < -0.3 is 19.5 Å². The maximum absolute atomic E-state index is 13.0. The SMILES string of the molecule is CC(C)CCCC(C)CCC(CCC(C)CCCC(C)C)OC(=O)CCCCCCCN(CCO)CCCCCCCC(=O)OC(CCC(C)CCCC(C)C)CCC(C)CCCC(C)C. The van der Waals surface area contributed by atoms with Crippen molar-refractivity contribution in [1.29, 1.82) is 0 Å². The summed E-state index contributed by atoms with van der Waals surface area (Å²) in [6.45, 7) is 31.0. The van der Waals surface area contributed by atoms with Crippen molar-refractivity contribution in [3.63, 3.8) is 0 Å². The van der Waals surface area contributed by atoms with Gasteiger partial charge >= 0.3 is 11.9 Å². The van der Waals surface area contributed by atoms with Crippen molar-refractivity contribution in [2.75, 3.05) is 26.2 Å². The zero-order chi connectivity index (χ0) is 49.4. The second-order valence-electron chi connectivity index (χ2n) is 23.9. The minimum atomic E-state index is 0.00847. The average molecular weight is 935 g/mol. The molecule has 0 aromatic carbocycles. The highest BCUT2D eigenvalue weighted by Gasteiger charge is 2.20. The van der Waals surface area contributed by atoms with E-state index in [4.69, 9.17) is 9.47 Å². The third-order valence-corrected chi connectivity index (χ3v) is 14.6. The molecule has 0 saturated heterocycles. The van der Waals surface area contributed by atoms with Crippen LogP contribution in [0.25, 0.3) is 0 Å². The molecule has 0 aliphatic rings. The minimum Gasteiger partial charge on any atom is -0.462 e. The first-order valence-electron chi connectivity index (χ1n) is 29.2. The van der Waals surface area contributed by atoms with Crippen LogP contribution in [0.3, 0.4) is 0 Å². The molecule has 1 N–H and O–H groups in total. The molecular formula is C60H119NO5. The molecule has 0 bridgehead atoms. The van der Waals surface area contributed by atoms with Crippen LogP contribution >= 0.6 is 0 Å². The van der Waals surface area contributed by atoms with E-state index in [0.717, 1.165) is 159 Å². The zero-order valence-electron chi connectivity index (χ0n) is 46.8. The summed E-state index contributed by atoms with van der Waals surface area (Å²) in [6.07, 6.45) is 36.2. The van der Waals surface area contributed by atoms with Crippen LogP contribution in [0.5, 0.6) is 0 Å². The molecule has 4 atom stereocenters. The molecule has 0 aromatic heterocycles. The molecule has 0 aromatic rings. The van der Waals surface area contributed by atoms with Crippen LogP contribution in [-0.2, 0) is 19.1 Å². The Bertz CT molecular complexity index is 947. The predicted octanol–water partition coefficient (Wildman–Crippen LogP) is 17.8. The number of hydrogen-bond donors (Lipinski definition) is 1. The number of ether oxygens (including phenoxy) is 2. The van der Waals surface area contributed by atoms with Crippen LogP contribution in [0.15, 0.2) is 0 Å². The second-order valence-corrected chi connectivity index (χ2v) is 23.9. The van der Waals surface area contributed by atoms with E-state index in [2.05, 4.69) is 88.0 Å². The van der Waals surface area contributed by atoms with Crippen LogP contribution in [0.2, 0.25) is 0 Å². The number of unbranched alkanes of at least 4 members (excludes halogenated alkanes) is 8. The summed E-state index contributed by atoms with van der Waals surface area (Å²) in [5.41, 5.74) is 0. The monoisotopic (exact) mass is 934 g/mol. The summed E-state index contributed by atoms with van der Waals surface area (Å²) in [5, 5.41) is 9.73. The van der Waals surface area contributed by atoms with Gasteiger partial charge in [-0.2, -0.15) is 0 Å². The number of hydrogen-bond acceptors (Lipinski definition) is 6. The highest BCUT2D eigenvalue weighted by molar-refractivity contribution is 5.69. The molecule has 394 valence electrons. The van der Waals surface area contributed by atoms with Crippen LogP contribution in [0.4, 0.5) is 0 Å². The van der Waals surface area contributed by atoms with Gasteiger partial charge in [-0.05, 0) is 137 Å². The van der Waals surface area contributed by atoms with E-state index in [1.165, 1.54) is 77.0 Å². The van der Waals surface area contributed by atoms with Crippen molar-refractivity contribution < 1.29 is 24.2 Å². The molecule has 6 heteroatoms. The molecule has 0 rings (SSSR count). The van der Waals surface area contributed by atoms with Gasteiger partial charge in [0.15, 0.2) is 0 Å². The Morgan fingerprint density at radius 1 is 0.333 bits per heavy atom. The molecule has 0 spiro atoms. The summed E-state index contributed by atoms with van der Waals surface area (Å²) in [4.78, 5) is 28.5. The summed E-state index contributed by atoms with van der Waals surface area (Å²) < 4.78 is 12.4.